The van der Waals surface area contributed by atoms with E-state index in [1.165, 1.54) is 6.08 Å². The first-order valence-corrected chi connectivity index (χ1v) is 5.83. The maximum atomic E-state index is 11.7. The second-order valence-electron chi connectivity index (χ2n) is 4.24. The average Bonchev–Trinajstić information content (AvgIpc) is 2.42. The Balaban J connectivity index is 2.14. The lowest BCUT2D eigenvalue weighted by atomic mass is 9.99. The van der Waals surface area contributed by atoms with E-state index in [9.17, 15) is 9.59 Å². The van der Waals surface area contributed by atoms with E-state index in [0.717, 1.165) is 0 Å². The molecule has 0 unspecified atom stereocenters. The molecule has 0 aliphatic heterocycles. The second-order valence-corrected chi connectivity index (χ2v) is 4.24. The third-order valence-corrected chi connectivity index (χ3v) is 2.73. The summed E-state index contributed by atoms with van der Waals surface area (Å²) in [4.78, 5) is 28.0. The highest BCUT2D eigenvalue weighted by Crippen LogP contribution is 2.12. The topological polar surface area (TPSA) is 55.7 Å². The van der Waals surface area contributed by atoms with Crippen LogP contribution in [0.2, 0.25) is 0 Å². The second kappa shape index (κ2) is 5.44. The van der Waals surface area contributed by atoms with Crippen LogP contribution in [0.15, 0.2) is 58.8 Å². The molecular formula is C15H13NO3. The van der Waals surface area contributed by atoms with Crippen LogP contribution in [-0.2, 0) is 9.63 Å². The number of oxime groups is 1. The molecule has 1 aromatic carbocycles. The minimum absolute atomic E-state index is 0.0502. The fraction of sp³-hybridized carbons (Fsp3) is 0.133. The number of nitrogens with zero attached hydrogens (tertiary/aromatic N) is 1. The van der Waals surface area contributed by atoms with E-state index in [1.807, 2.05) is 6.07 Å². The summed E-state index contributed by atoms with van der Waals surface area (Å²) in [6, 6.07) is 8.61. The Morgan fingerprint density at radius 2 is 1.74 bits per heavy atom. The van der Waals surface area contributed by atoms with Crippen molar-refractivity contribution in [2.24, 2.45) is 5.16 Å². The number of hydrogen-bond acceptors (Lipinski definition) is 4. The molecule has 0 amide bonds. The predicted octanol–water partition coefficient (Wildman–Crippen LogP) is 2.67. The molecular weight excluding hydrogens is 242 g/mol. The van der Waals surface area contributed by atoms with E-state index in [0.29, 0.717) is 22.4 Å². The number of ketones is 1. The smallest absolute Gasteiger partial charge is 0.312 e. The number of rotatable bonds is 2. The van der Waals surface area contributed by atoms with Crippen molar-refractivity contribution in [2.75, 3.05) is 0 Å². The standard InChI is InChI=1S/C15H13NO3/c1-10-9-14(17)11(2)8-13(10)16-19-15(18)12-6-4-3-5-7-12/h3-9H,1-2H3/b16-13+. The Labute approximate surface area is 111 Å². The molecule has 0 aromatic heterocycles. The van der Waals surface area contributed by atoms with Gasteiger partial charge in [-0.3, -0.25) is 4.79 Å². The van der Waals surface area contributed by atoms with E-state index >= 15 is 0 Å². The largest absolute Gasteiger partial charge is 0.365 e. The summed E-state index contributed by atoms with van der Waals surface area (Å²) in [6.07, 6.45) is 3.08. The van der Waals surface area contributed by atoms with Crippen LogP contribution in [0.5, 0.6) is 0 Å². The molecule has 1 aromatic rings. The van der Waals surface area contributed by atoms with Gasteiger partial charge in [-0.1, -0.05) is 23.4 Å². The van der Waals surface area contributed by atoms with Gasteiger partial charge in [0.25, 0.3) is 0 Å². The first-order valence-electron chi connectivity index (χ1n) is 5.83. The molecule has 0 radical (unpaired) electrons. The zero-order valence-electron chi connectivity index (χ0n) is 10.7. The fourth-order valence-electron chi connectivity index (χ4n) is 1.59. The first kappa shape index (κ1) is 13.0. The molecule has 0 atom stereocenters. The lowest BCUT2D eigenvalue weighted by Gasteiger charge is -2.08. The van der Waals surface area contributed by atoms with Crippen molar-refractivity contribution in [3.63, 3.8) is 0 Å². The Hall–Kier alpha value is -2.49. The maximum absolute atomic E-state index is 11.7. The molecule has 0 bridgehead atoms. The molecule has 2 rings (SSSR count). The van der Waals surface area contributed by atoms with Crippen molar-refractivity contribution in [3.05, 3.63) is 59.2 Å². The van der Waals surface area contributed by atoms with Gasteiger partial charge in [0.15, 0.2) is 5.78 Å². The maximum Gasteiger partial charge on any atom is 0.365 e. The molecule has 1 aliphatic rings. The number of carbonyl (C=O) groups is 2. The third kappa shape index (κ3) is 3.04. The van der Waals surface area contributed by atoms with Gasteiger partial charge in [0, 0.05) is 0 Å². The molecule has 0 spiro atoms. The average molecular weight is 255 g/mol. The minimum Gasteiger partial charge on any atom is -0.312 e. The Morgan fingerprint density at radius 3 is 2.42 bits per heavy atom. The zero-order chi connectivity index (χ0) is 13.8. The fourth-order valence-corrected chi connectivity index (χ4v) is 1.59. The highest BCUT2D eigenvalue weighted by molar-refractivity contribution is 6.21. The molecule has 0 saturated heterocycles. The van der Waals surface area contributed by atoms with Crippen LogP contribution in [0, 0.1) is 0 Å². The predicted molar refractivity (Wildman–Crippen MR) is 71.8 cm³/mol. The van der Waals surface area contributed by atoms with Crippen LogP contribution in [0.25, 0.3) is 0 Å². The van der Waals surface area contributed by atoms with Gasteiger partial charge in [0.05, 0.1) is 5.56 Å². The van der Waals surface area contributed by atoms with Gasteiger partial charge in [-0.15, -0.1) is 0 Å². The van der Waals surface area contributed by atoms with Crippen LogP contribution in [0.3, 0.4) is 0 Å². The van der Waals surface area contributed by atoms with E-state index in [-0.39, 0.29) is 5.78 Å². The SMILES string of the molecule is CC1=C/C(=N\OC(=O)c2ccccc2)C(C)=CC1=O. The molecule has 1 aliphatic carbocycles. The van der Waals surface area contributed by atoms with E-state index in [1.54, 1.807) is 44.2 Å². The summed E-state index contributed by atoms with van der Waals surface area (Å²) in [5, 5.41) is 3.80. The van der Waals surface area contributed by atoms with Crippen LogP contribution in [0.1, 0.15) is 24.2 Å². The summed E-state index contributed by atoms with van der Waals surface area (Å²) in [5.74, 6) is -0.574. The number of benzene rings is 1. The molecule has 0 fully saturated rings. The Morgan fingerprint density at radius 1 is 1.05 bits per heavy atom. The van der Waals surface area contributed by atoms with E-state index < -0.39 is 5.97 Å². The number of carbonyl (C=O) groups excluding carboxylic acids is 2. The van der Waals surface area contributed by atoms with Crippen LogP contribution in [0.4, 0.5) is 0 Å². The Bertz CT molecular complexity index is 610. The van der Waals surface area contributed by atoms with Crippen molar-refractivity contribution < 1.29 is 14.4 Å². The molecule has 0 N–H and O–H groups in total. The Kier molecular flexibility index (Phi) is 3.71. The molecule has 0 heterocycles. The van der Waals surface area contributed by atoms with Gasteiger partial charge in [-0.2, -0.15) is 0 Å². The van der Waals surface area contributed by atoms with Crippen LogP contribution < -0.4 is 0 Å². The molecule has 4 heteroatoms. The number of allylic oxidation sites excluding steroid dienone is 4. The van der Waals surface area contributed by atoms with Crippen LogP contribution in [-0.4, -0.2) is 17.5 Å². The lowest BCUT2D eigenvalue weighted by molar-refractivity contribution is -0.111. The van der Waals surface area contributed by atoms with Crippen molar-refractivity contribution in [2.45, 2.75) is 13.8 Å². The molecule has 0 saturated carbocycles. The summed E-state index contributed by atoms with van der Waals surface area (Å²) in [6.45, 7) is 3.44. The summed E-state index contributed by atoms with van der Waals surface area (Å²) >= 11 is 0. The third-order valence-electron chi connectivity index (χ3n) is 2.73. The van der Waals surface area contributed by atoms with Crippen molar-refractivity contribution >= 4 is 17.5 Å². The minimum atomic E-state index is -0.524. The number of hydrogen-bond donors (Lipinski definition) is 0. The summed E-state index contributed by atoms with van der Waals surface area (Å²) in [7, 11) is 0. The zero-order valence-corrected chi connectivity index (χ0v) is 10.7. The van der Waals surface area contributed by atoms with E-state index in [4.69, 9.17) is 4.84 Å². The highest BCUT2D eigenvalue weighted by atomic mass is 16.7. The van der Waals surface area contributed by atoms with Gasteiger partial charge >= 0.3 is 5.97 Å². The molecule has 4 nitrogen and oxygen atoms in total. The van der Waals surface area contributed by atoms with Gasteiger partial charge in [0.2, 0.25) is 0 Å². The quantitative estimate of drug-likeness (QED) is 0.464. The first-order chi connectivity index (χ1) is 9.08. The van der Waals surface area contributed by atoms with Crippen molar-refractivity contribution in [1.82, 2.24) is 0 Å². The summed E-state index contributed by atoms with van der Waals surface area (Å²) in [5.41, 5.74) is 2.17. The van der Waals surface area contributed by atoms with Crippen molar-refractivity contribution in [1.29, 1.82) is 0 Å². The summed E-state index contributed by atoms with van der Waals surface area (Å²) < 4.78 is 0. The monoisotopic (exact) mass is 255 g/mol. The molecule has 96 valence electrons. The normalized spacial score (nSPS) is 16.9. The lowest BCUT2D eigenvalue weighted by Crippen LogP contribution is -2.11. The van der Waals surface area contributed by atoms with Crippen molar-refractivity contribution in [3.8, 4) is 0 Å². The molecule has 19 heavy (non-hydrogen) atoms. The van der Waals surface area contributed by atoms with Gasteiger partial charge in [0.1, 0.15) is 5.71 Å². The van der Waals surface area contributed by atoms with Crippen LogP contribution >= 0.6 is 0 Å². The van der Waals surface area contributed by atoms with E-state index in [2.05, 4.69) is 5.16 Å². The van der Waals surface area contributed by atoms with Gasteiger partial charge < -0.3 is 4.84 Å². The van der Waals surface area contributed by atoms with Gasteiger partial charge in [-0.25, -0.2) is 4.79 Å². The highest BCUT2D eigenvalue weighted by Gasteiger charge is 2.14. The van der Waals surface area contributed by atoms with Gasteiger partial charge in [-0.05, 0) is 49.3 Å².